The van der Waals surface area contributed by atoms with E-state index in [1.165, 1.54) is 138 Å². The standard InChI is InChI=1S/C74H53NO.C52H35NO/c1-73(2)67-42-56(53-25-23-46-13-5-7-15-48(46)37-53)27-32-61(67)63-34-30-59(44-69(63)73)75(58-20-12-19-52(40-58)50-17-11-18-51(39-50)55-29-36-72-66(41-55)65-21-9-10-22-71(65)76-72)60-31-35-64-62-33-28-57(43-68(62)74(3,4)70(64)45-60)54-26-24-47-14-6-8-16-49(47)38-54;1-2-12-36(13-3-1)39-16-8-17-40(32-39)37-26-29-45(30-27-37)53(50-24-11-15-38-14-4-5-22-47(38)50)46-21-10-20-43(34-46)41-18-9-19-42(33-41)44-28-31-52-49(35-44)48-23-6-7-25-51(48)54-52/h5-45H,1-4H3;1-35H. The monoisotopic (exact) mass is 1660 g/mol. The smallest absolute Gasteiger partial charge is 0.135 e. The summed E-state index contributed by atoms with van der Waals surface area (Å²) in [5.41, 5.74) is 39.6. The minimum atomic E-state index is -0.239. The number of furan rings is 2. The van der Waals surface area contributed by atoms with Gasteiger partial charge in [0.1, 0.15) is 22.3 Å². The number of hydrogen-bond acceptors (Lipinski definition) is 4. The number of anilines is 6. The van der Waals surface area contributed by atoms with Crippen LogP contribution in [0.25, 0.3) is 187 Å². The fraction of sp³-hybridized carbons (Fsp3) is 0.0476. The van der Waals surface area contributed by atoms with Gasteiger partial charge < -0.3 is 18.6 Å². The van der Waals surface area contributed by atoms with Crippen LogP contribution >= 0.6 is 0 Å². The van der Waals surface area contributed by atoms with Crippen LogP contribution in [0.5, 0.6) is 0 Å². The van der Waals surface area contributed by atoms with Crippen LogP contribution in [0, 0.1) is 0 Å². The van der Waals surface area contributed by atoms with E-state index in [-0.39, 0.29) is 10.8 Å². The molecule has 0 amide bonds. The third-order valence-electron chi connectivity index (χ3n) is 27.5. The molecule has 2 heterocycles. The maximum atomic E-state index is 6.21. The molecule has 0 fully saturated rings. The Labute approximate surface area is 756 Å². The number of benzene rings is 21. The van der Waals surface area contributed by atoms with Gasteiger partial charge in [-0.3, -0.25) is 0 Å². The molecule has 0 unspecified atom stereocenters. The van der Waals surface area contributed by atoms with Crippen LogP contribution in [0.2, 0.25) is 0 Å². The molecule has 0 aliphatic heterocycles. The topological polar surface area (TPSA) is 32.8 Å². The van der Waals surface area contributed by atoms with Crippen LogP contribution in [0.1, 0.15) is 49.9 Å². The van der Waals surface area contributed by atoms with Crippen molar-refractivity contribution < 1.29 is 8.83 Å². The summed E-state index contributed by atoms with van der Waals surface area (Å²) in [5.74, 6) is 0. The summed E-state index contributed by atoms with van der Waals surface area (Å²) >= 11 is 0. The normalized spacial score (nSPS) is 12.7. The van der Waals surface area contributed by atoms with Gasteiger partial charge in [0.2, 0.25) is 0 Å². The van der Waals surface area contributed by atoms with Gasteiger partial charge in [-0.1, -0.05) is 343 Å². The Hall–Kier alpha value is -16.4. The fourth-order valence-electron chi connectivity index (χ4n) is 20.6. The Balaban J connectivity index is 0.000000153. The third-order valence-corrected chi connectivity index (χ3v) is 27.5. The first kappa shape index (κ1) is 77.2. The minimum Gasteiger partial charge on any atom is -0.456 e. The van der Waals surface area contributed by atoms with Crippen LogP contribution < -0.4 is 9.80 Å². The van der Waals surface area contributed by atoms with Crippen molar-refractivity contribution in [1.82, 2.24) is 0 Å². The van der Waals surface area contributed by atoms with Gasteiger partial charge in [0.25, 0.3) is 0 Å². The molecule has 2 aliphatic carbocycles. The second-order valence-corrected chi connectivity index (χ2v) is 35.9. The number of para-hydroxylation sites is 2. The molecule has 21 aromatic carbocycles. The molecule has 2 aromatic heterocycles. The summed E-state index contributed by atoms with van der Waals surface area (Å²) in [6.45, 7) is 9.60. The van der Waals surface area contributed by atoms with E-state index in [9.17, 15) is 0 Å². The molecule has 0 spiro atoms. The molecule has 0 saturated carbocycles. The molecule has 130 heavy (non-hydrogen) atoms. The predicted molar refractivity (Wildman–Crippen MR) is 548 cm³/mol. The van der Waals surface area contributed by atoms with Gasteiger partial charge in [-0.15, -0.1) is 0 Å². The van der Waals surface area contributed by atoms with Crippen molar-refractivity contribution in [3.05, 3.63) is 483 Å². The molecule has 0 N–H and O–H groups in total. The van der Waals surface area contributed by atoms with Crippen LogP contribution in [-0.4, -0.2) is 0 Å². The lowest BCUT2D eigenvalue weighted by Gasteiger charge is -2.30. The Morgan fingerprint density at radius 2 is 0.454 bits per heavy atom. The fourth-order valence-corrected chi connectivity index (χ4v) is 20.6. The maximum Gasteiger partial charge on any atom is 0.135 e. The molecule has 23 aromatic rings. The second kappa shape index (κ2) is 31.3. The van der Waals surface area contributed by atoms with Gasteiger partial charge in [-0.2, -0.15) is 0 Å². The molecular formula is C126H88N2O2. The summed E-state index contributed by atoms with van der Waals surface area (Å²) in [6.07, 6.45) is 0. The highest BCUT2D eigenvalue weighted by molar-refractivity contribution is 6.08. The quantitative estimate of drug-likeness (QED) is 0.109. The van der Waals surface area contributed by atoms with Crippen LogP contribution in [0.4, 0.5) is 34.1 Å². The lowest BCUT2D eigenvalue weighted by molar-refractivity contribution is 0.660. The first-order valence-electron chi connectivity index (χ1n) is 45.0. The van der Waals surface area contributed by atoms with E-state index in [1.807, 2.05) is 24.3 Å². The van der Waals surface area contributed by atoms with Gasteiger partial charge in [-0.25, -0.2) is 0 Å². The highest BCUT2D eigenvalue weighted by Crippen LogP contribution is 2.56. The Kier molecular flexibility index (Phi) is 18.6. The summed E-state index contributed by atoms with van der Waals surface area (Å²) in [7, 11) is 0. The zero-order valence-corrected chi connectivity index (χ0v) is 72.6. The first-order chi connectivity index (χ1) is 63.9. The summed E-state index contributed by atoms with van der Waals surface area (Å²) in [5, 5.41) is 12.0. The molecule has 25 rings (SSSR count). The molecule has 0 bridgehead atoms. The highest BCUT2D eigenvalue weighted by Gasteiger charge is 2.39. The van der Waals surface area contributed by atoms with Gasteiger partial charge in [0.15, 0.2) is 0 Å². The van der Waals surface area contributed by atoms with Crippen molar-refractivity contribution in [1.29, 1.82) is 0 Å². The molecule has 0 atom stereocenters. The van der Waals surface area contributed by atoms with Crippen molar-refractivity contribution in [3.63, 3.8) is 0 Å². The van der Waals surface area contributed by atoms with Crippen molar-refractivity contribution in [2.24, 2.45) is 0 Å². The van der Waals surface area contributed by atoms with E-state index in [2.05, 4.69) is 474 Å². The van der Waals surface area contributed by atoms with Gasteiger partial charge in [-0.05, 0) is 306 Å². The van der Waals surface area contributed by atoms with Crippen molar-refractivity contribution in [2.45, 2.75) is 38.5 Å². The minimum absolute atomic E-state index is 0.239. The Bertz CT molecular complexity index is 8250. The highest BCUT2D eigenvalue weighted by atomic mass is 16.3. The van der Waals surface area contributed by atoms with Crippen molar-refractivity contribution in [3.8, 4) is 111 Å². The molecule has 0 saturated heterocycles. The zero-order valence-electron chi connectivity index (χ0n) is 72.6. The number of nitrogens with zero attached hydrogens (tertiary/aromatic N) is 2. The molecule has 4 heteroatoms. The summed E-state index contributed by atoms with van der Waals surface area (Å²) < 4.78 is 12.3. The SMILES string of the molecule is CC1(C)c2cc(-c3ccc4ccccc4c3)ccc2-c2ccc(N(c3cccc(-c4cccc(-c5ccc6oc7ccccc7c6c5)c4)c3)c3ccc4c(c3)C(C)(C)c3cc(-c5ccc6ccccc6c5)ccc3-4)cc21.c1ccc(-c2cccc(-c3ccc(N(c4cccc(-c5cccc(-c6ccc7oc8ccccc8c7c6)c5)c4)c4cccc5ccccc45)cc3)c2)cc1. The van der Waals surface area contributed by atoms with Crippen molar-refractivity contribution >= 4 is 110 Å². The van der Waals surface area contributed by atoms with Gasteiger partial charge in [0.05, 0.1) is 5.69 Å². The van der Waals surface area contributed by atoms with E-state index in [4.69, 9.17) is 8.83 Å². The lowest BCUT2D eigenvalue weighted by Crippen LogP contribution is -2.18. The summed E-state index contributed by atoms with van der Waals surface area (Å²) in [4.78, 5) is 4.88. The number of hydrogen-bond donors (Lipinski definition) is 0. The van der Waals surface area contributed by atoms with E-state index < -0.39 is 0 Å². The predicted octanol–water partition coefficient (Wildman–Crippen LogP) is 35.5. The molecule has 0 radical (unpaired) electrons. The first-order valence-corrected chi connectivity index (χ1v) is 45.0. The second-order valence-electron chi connectivity index (χ2n) is 35.9. The Morgan fingerprint density at radius 3 is 0.938 bits per heavy atom. The summed E-state index contributed by atoms with van der Waals surface area (Å²) in [6, 6.07) is 168. The van der Waals surface area contributed by atoms with Crippen LogP contribution in [-0.2, 0) is 10.8 Å². The Morgan fingerprint density at radius 1 is 0.162 bits per heavy atom. The lowest BCUT2D eigenvalue weighted by atomic mass is 9.81. The molecule has 614 valence electrons. The van der Waals surface area contributed by atoms with E-state index in [0.717, 1.165) is 106 Å². The van der Waals surface area contributed by atoms with Crippen LogP contribution in [0.3, 0.4) is 0 Å². The average molecular weight is 1660 g/mol. The molecular weight excluding hydrogens is 1570 g/mol. The van der Waals surface area contributed by atoms with Crippen molar-refractivity contribution in [2.75, 3.05) is 9.80 Å². The van der Waals surface area contributed by atoms with E-state index in [1.54, 1.807) is 0 Å². The maximum absolute atomic E-state index is 6.21. The van der Waals surface area contributed by atoms with E-state index >= 15 is 0 Å². The zero-order chi connectivity index (χ0) is 86.7. The van der Waals surface area contributed by atoms with Gasteiger partial charge >= 0.3 is 0 Å². The number of fused-ring (bicyclic) bond motifs is 15. The van der Waals surface area contributed by atoms with Crippen LogP contribution in [0.15, 0.2) is 470 Å². The third kappa shape index (κ3) is 13.6. The molecule has 4 nitrogen and oxygen atoms in total. The largest absolute Gasteiger partial charge is 0.456 e. The number of rotatable bonds is 14. The molecule has 2 aliphatic rings. The van der Waals surface area contributed by atoms with Gasteiger partial charge in [0, 0.05) is 66.2 Å². The van der Waals surface area contributed by atoms with E-state index in [0.29, 0.717) is 0 Å². The average Bonchev–Trinajstić information content (AvgIpc) is 1.56.